The summed E-state index contributed by atoms with van der Waals surface area (Å²) in [6.45, 7) is 4.51. The van der Waals surface area contributed by atoms with Gasteiger partial charge in [0, 0.05) is 24.9 Å². The van der Waals surface area contributed by atoms with Crippen LogP contribution in [0.2, 0.25) is 0 Å². The zero-order valence-corrected chi connectivity index (χ0v) is 10.2. The molecule has 0 aliphatic heterocycles. The van der Waals surface area contributed by atoms with E-state index in [1.165, 1.54) is 0 Å². The first-order valence-corrected chi connectivity index (χ1v) is 6.05. The third-order valence-electron chi connectivity index (χ3n) is 2.67. The lowest BCUT2D eigenvalue weighted by Gasteiger charge is -2.22. The highest BCUT2D eigenvalue weighted by molar-refractivity contribution is 5.08. The van der Waals surface area contributed by atoms with Crippen molar-refractivity contribution in [3.05, 3.63) is 30.1 Å². The smallest absolute Gasteiger partial charge is 0.0573 e. The van der Waals surface area contributed by atoms with Crippen LogP contribution in [0.5, 0.6) is 0 Å². The quantitative estimate of drug-likeness (QED) is 0.744. The van der Waals surface area contributed by atoms with Crippen molar-refractivity contribution < 1.29 is 5.11 Å². The average molecular weight is 222 g/mol. The number of aromatic nitrogens is 1. The second-order valence-electron chi connectivity index (χ2n) is 4.18. The molecule has 1 heterocycles. The van der Waals surface area contributed by atoms with E-state index < -0.39 is 0 Å². The molecule has 1 aromatic heterocycles. The van der Waals surface area contributed by atoms with Gasteiger partial charge in [0.2, 0.25) is 0 Å². The summed E-state index contributed by atoms with van der Waals surface area (Å²) in [7, 11) is 0. The van der Waals surface area contributed by atoms with E-state index in [-0.39, 0.29) is 6.61 Å². The van der Waals surface area contributed by atoms with E-state index in [0.29, 0.717) is 12.1 Å². The monoisotopic (exact) mass is 222 g/mol. The number of nitrogens with zero attached hydrogens (tertiary/aromatic N) is 1. The summed E-state index contributed by atoms with van der Waals surface area (Å²) < 4.78 is 0. The van der Waals surface area contributed by atoms with Crippen molar-refractivity contribution in [1.82, 2.24) is 10.3 Å². The Kier molecular flexibility index (Phi) is 6.04. The highest BCUT2D eigenvalue weighted by Crippen LogP contribution is 2.16. The highest BCUT2D eigenvalue weighted by Gasteiger charge is 2.13. The van der Waals surface area contributed by atoms with Crippen molar-refractivity contribution in [1.29, 1.82) is 0 Å². The van der Waals surface area contributed by atoms with Gasteiger partial charge in [-0.3, -0.25) is 4.98 Å². The number of aliphatic hydroxyl groups is 1. The molecule has 0 bridgehead atoms. The number of nitrogens with one attached hydrogen (secondary N) is 1. The van der Waals surface area contributed by atoms with Crippen molar-refractivity contribution in [2.24, 2.45) is 0 Å². The van der Waals surface area contributed by atoms with Crippen LogP contribution in [-0.4, -0.2) is 22.7 Å². The Bertz CT molecular complexity index is 277. The Morgan fingerprint density at radius 1 is 1.38 bits per heavy atom. The Labute approximate surface area is 97.9 Å². The lowest BCUT2D eigenvalue weighted by molar-refractivity contribution is 0.261. The molecule has 1 aromatic rings. The van der Waals surface area contributed by atoms with Crippen molar-refractivity contribution in [2.75, 3.05) is 6.61 Å². The molecule has 0 radical (unpaired) electrons. The minimum absolute atomic E-state index is 0.231. The van der Waals surface area contributed by atoms with Gasteiger partial charge in [-0.25, -0.2) is 0 Å². The minimum atomic E-state index is 0.231. The average Bonchev–Trinajstić information content (AvgIpc) is 2.30. The number of hydrogen-bond acceptors (Lipinski definition) is 3. The molecule has 1 rings (SSSR count). The third-order valence-corrected chi connectivity index (χ3v) is 2.67. The Balaban J connectivity index is 2.60. The molecule has 0 amide bonds. The van der Waals surface area contributed by atoms with E-state index in [2.05, 4.69) is 30.2 Å². The SMILES string of the molecule is CCCC(N[C@H](C)CCO)c1ccccn1. The van der Waals surface area contributed by atoms with Gasteiger partial charge in [0.25, 0.3) is 0 Å². The van der Waals surface area contributed by atoms with E-state index in [0.717, 1.165) is 25.0 Å². The maximum absolute atomic E-state index is 8.89. The zero-order chi connectivity index (χ0) is 11.8. The number of pyridine rings is 1. The van der Waals surface area contributed by atoms with Gasteiger partial charge in [-0.05, 0) is 31.9 Å². The predicted octanol–water partition coefficient (Wildman–Crippen LogP) is 2.28. The van der Waals surface area contributed by atoms with Crippen LogP contribution in [0.4, 0.5) is 0 Å². The van der Waals surface area contributed by atoms with Gasteiger partial charge in [0.15, 0.2) is 0 Å². The van der Waals surface area contributed by atoms with E-state index in [4.69, 9.17) is 5.11 Å². The number of rotatable bonds is 7. The molecule has 0 aliphatic carbocycles. The van der Waals surface area contributed by atoms with E-state index in [1.807, 2.05) is 18.3 Å². The summed E-state index contributed by atoms with van der Waals surface area (Å²) in [4.78, 5) is 4.39. The van der Waals surface area contributed by atoms with Crippen LogP contribution in [0.1, 0.15) is 44.8 Å². The van der Waals surface area contributed by atoms with Crippen molar-refractivity contribution in [3.8, 4) is 0 Å². The van der Waals surface area contributed by atoms with Crippen molar-refractivity contribution in [2.45, 2.75) is 45.2 Å². The molecule has 3 nitrogen and oxygen atoms in total. The Morgan fingerprint density at radius 2 is 2.19 bits per heavy atom. The van der Waals surface area contributed by atoms with Crippen LogP contribution >= 0.6 is 0 Å². The van der Waals surface area contributed by atoms with Crippen LogP contribution in [0.15, 0.2) is 24.4 Å². The van der Waals surface area contributed by atoms with Crippen LogP contribution < -0.4 is 5.32 Å². The first kappa shape index (κ1) is 13.1. The standard InChI is InChI=1S/C13H22N2O/c1-3-6-13(15-11(2)8-10-16)12-7-4-5-9-14-12/h4-5,7,9,11,13,15-16H,3,6,8,10H2,1-2H3/t11-,13?/m1/s1. The molecule has 2 N–H and O–H groups in total. The summed E-state index contributed by atoms with van der Waals surface area (Å²) in [6.07, 6.45) is 4.82. The van der Waals surface area contributed by atoms with Crippen LogP contribution in [0.25, 0.3) is 0 Å². The highest BCUT2D eigenvalue weighted by atomic mass is 16.3. The van der Waals surface area contributed by atoms with Crippen molar-refractivity contribution in [3.63, 3.8) is 0 Å². The molecule has 90 valence electrons. The fourth-order valence-corrected chi connectivity index (χ4v) is 1.81. The third kappa shape index (κ3) is 4.29. The summed E-state index contributed by atoms with van der Waals surface area (Å²) in [5, 5.41) is 12.4. The summed E-state index contributed by atoms with van der Waals surface area (Å²) in [5.41, 5.74) is 1.09. The lowest BCUT2D eigenvalue weighted by Crippen LogP contribution is -2.31. The normalized spacial score (nSPS) is 14.7. The molecule has 0 spiro atoms. The van der Waals surface area contributed by atoms with Gasteiger partial charge in [-0.1, -0.05) is 19.4 Å². The molecular formula is C13H22N2O. The van der Waals surface area contributed by atoms with Crippen LogP contribution in [0, 0.1) is 0 Å². The van der Waals surface area contributed by atoms with E-state index >= 15 is 0 Å². The largest absolute Gasteiger partial charge is 0.396 e. The fraction of sp³-hybridized carbons (Fsp3) is 0.615. The van der Waals surface area contributed by atoms with Gasteiger partial charge in [0.05, 0.1) is 5.69 Å². The number of hydrogen-bond donors (Lipinski definition) is 2. The van der Waals surface area contributed by atoms with E-state index in [1.54, 1.807) is 0 Å². The summed E-state index contributed by atoms with van der Waals surface area (Å²) in [6, 6.07) is 6.63. The topological polar surface area (TPSA) is 45.1 Å². The Morgan fingerprint density at radius 3 is 2.75 bits per heavy atom. The van der Waals surface area contributed by atoms with Crippen LogP contribution in [-0.2, 0) is 0 Å². The molecule has 0 aromatic carbocycles. The molecule has 0 saturated carbocycles. The summed E-state index contributed by atoms with van der Waals surface area (Å²) in [5.74, 6) is 0. The molecule has 0 aliphatic rings. The van der Waals surface area contributed by atoms with Gasteiger partial charge >= 0.3 is 0 Å². The summed E-state index contributed by atoms with van der Waals surface area (Å²) >= 11 is 0. The molecule has 3 heteroatoms. The lowest BCUT2D eigenvalue weighted by atomic mass is 10.1. The first-order valence-electron chi connectivity index (χ1n) is 6.05. The maximum Gasteiger partial charge on any atom is 0.0573 e. The van der Waals surface area contributed by atoms with Gasteiger partial charge in [0.1, 0.15) is 0 Å². The molecule has 0 fully saturated rings. The molecule has 16 heavy (non-hydrogen) atoms. The van der Waals surface area contributed by atoms with Crippen molar-refractivity contribution >= 4 is 0 Å². The predicted molar refractivity (Wildman–Crippen MR) is 66.2 cm³/mol. The van der Waals surface area contributed by atoms with E-state index in [9.17, 15) is 0 Å². The second kappa shape index (κ2) is 7.36. The molecule has 0 saturated heterocycles. The van der Waals surface area contributed by atoms with Gasteiger partial charge in [-0.15, -0.1) is 0 Å². The van der Waals surface area contributed by atoms with Crippen LogP contribution in [0.3, 0.4) is 0 Å². The number of aliphatic hydroxyl groups excluding tert-OH is 1. The molecule has 1 unspecified atom stereocenters. The molecular weight excluding hydrogens is 200 g/mol. The maximum atomic E-state index is 8.89. The Hall–Kier alpha value is -0.930. The zero-order valence-electron chi connectivity index (χ0n) is 10.2. The first-order chi connectivity index (χ1) is 7.77. The second-order valence-corrected chi connectivity index (χ2v) is 4.18. The minimum Gasteiger partial charge on any atom is -0.396 e. The fourth-order valence-electron chi connectivity index (χ4n) is 1.81. The van der Waals surface area contributed by atoms with Gasteiger partial charge < -0.3 is 10.4 Å². The van der Waals surface area contributed by atoms with Gasteiger partial charge in [-0.2, -0.15) is 0 Å². The molecule has 2 atom stereocenters.